The van der Waals surface area contributed by atoms with Crippen molar-refractivity contribution in [1.29, 1.82) is 0 Å². The minimum Gasteiger partial charge on any atom is -0.379 e. The van der Waals surface area contributed by atoms with Crippen LogP contribution < -0.4 is 0 Å². The second-order valence-electron chi connectivity index (χ2n) is 8.94. The Balaban J connectivity index is 0.000000156. The van der Waals surface area contributed by atoms with Crippen LogP contribution in [-0.2, 0) is 4.74 Å². The highest BCUT2D eigenvalue weighted by Crippen LogP contribution is 2.33. The highest BCUT2D eigenvalue weighted by atomic mass is 19.1. The molecule has 1 atom stereocenters. The van der Waals surface area contributed by atoms with E-state index >= 15 is 0 Å². The predicted molar refractivity (Wildman–Crippen MR) is 132 cm³/mol. The molecule has 0 N–H and O–H groups in total. The van der Waals surface area contributed by atoms with Crippen LogP contribution >= 0.6 is 0 Å². The minimum absolute atomic E-state index is 0.217. The van der Waals surface area contributed by atoms with Crippen molar-refractivity contribution in [3.63, 3.8) is 0 Å². The van der Waals surface area contributed by atoms with Crippen LogP contribution in [0.1, 0.15) is 56.5 Å². The highest BCUT2D eigenvalue weighted by Gasteiger charge is 2.23. The lowest BCUT2D eigenvalue weighted by atomic mass is 10.1. The molecule has 1 saturated heterocycles. The van der Waals surface area contributed by atoms with Crippen molar-refractivity contribution in [1.82, 2.24) is 24.7 Å². The fourth-order valence-electron chi connectivity index (χ4n) is 3.77. The summed E-state index contributed by atoms with van der Waals surface area (Å²) in [5.41, 5.74) is 3.32. The van der Waals surface area contributed by atoms with Crippen molar-refractivity contribution in [3.05, 3.63) is 71.9 Å². The molecule has 1 aliphatic heterocycles. The Kier molecular flexibility index (Phi) is 8.13. The molecule has 3 aromatic heterocycles. The Hall–Kier alpha value is -3.26. The number of aryl methyl sites for hydroxylation is 2. The molecule has 6 rings (SSSR count). The van der Waals surface area contributed by atoms with Crippen molar-refractivity contribution in [2.24, 2.45) is 0 Å². The van der Waals surface area contributed by atoms with Gasteiger partial charge in [0, 0.05) is 36.8 Å². The molecule has 35 heavy (non-hydrogen) atoms. The molecule has 1 aromatic carbocycles. The largest absolute Gasteiger partial charge is 0.379 e. The highest BCUT2D eigenvalue weighted by molar-refractivity contribution is 5.89. The lowest BCUT2D eigenvalue weighted by Gasteiger charge is -2.17. The number of fused-ring (bicyclic) bond motifs is 1. The van der Waals surface area contributed by atoms with E-state index in [0.717, 1.165) is 30.1 Å². The number of nitrogens with zero attached hydrogens (tertiary/aromatic N) is 5. The van der Waals surface area contributed by atoms with E-state index < -0.39 is 11.6 Å². The van der Waals surface area contributed by atoms with E-state index in [4.69, 9.17) is 4.74 Å². The summed E-state index contributed by atoms with van der Waals surface area (Å²) in [7, 11) is 0. The molecule has 0 unspecified atom stereocenters. The van der Waals surface area contributed by atoms with E-state index in [1.165, 1.54) is 44.2 Å². The third-order valence-corrected chi connectivity index (χ3v) is 6.03. The van der Waals surface area contributed by atoms with Crippen molar-refractivity contribution >= 4 is 11.0 Å². The Bertz CT molecular complexity index is 1250. The summed E-state index contributed by atoms with van der Waals surface area (Å²) in [6.45, 7) is 6.82. The third kappa shape index (κ3) is 6.66. The van der Waals surface area contributed by atoms with Crippen LogP contribution in [0.25, 0.3) is 22.3 Å². The van der Waals surface area contributed by atoms with Gasteiger partial charge in [-0.3, -0.25) is 9.67 Å². The molecule has 1 aliphatic carbocycles. The van der Waals surface area contributed by atoms with Crippen LogP contribution in [0.4, 0.5) is 8.78 Å². The van der Waals surface area contributed by atoms with E-state index in [2.05, 4.69) is 27.0 Å². The molecule has 0 bridgehead atoms. The van der Waals surface area contributed by atoms with Crippen molar-refractivity contribution in [2.45, 2.75) is 65.0 Å². The van der Waals surface area contributed by atoms with Gasteiger partial charge < -0.3 is 4.74 Å². The van der Waals surface area contributed by atoms with Gasteiger partial charge in [-0.05, 0) is 77.1 Å². The van der Waals surface area contributed by atoms with E-state index in [0.29, 0.717) is 22.8 Å². The van der Waals surface area contributed by atoms with E-state index in [9.17, 15) is 8.78 Å². The van der Waals surface area contributed by atoms with Crippen LogP contribution in [0.15, 0.2) is 48.9 Å². The van der Waals surface area contributed by atoms with Gasteiger partial charge in [0.2, 0.25) is 0 Å². The predicted octanol–water partition coefficient (Wildman–Crippen LogP) is 6.38. The Labute approximate surface area is 204 Å². The van der Waals surface area contributed by atoms with E-state index in [1.807, 2.05) is 37.0 Å². The molecule has 4 aromatic rings. The van der Waals surface area contributed by atoms with Crippen molar-refractivity contribution < 1.29 is 13.5 Å². The lowest BCUT2D eigenvalue weighted by molar-refractivity contribution is 0.0285. The summed E-state index contributed by atoms with van der Waals surface area (Å²) in [5, 5.41) is 4.09. The lowest BCUT2D eigenvalue weighted by Crippen LogP contribution is -2.14. The second-order valence-corrected chi connectivity index (χ2v) is 8.94. The summed E-state index contributed by atoms with van der Waals surface area (Å²) in [4.78, 5) is 13.0. The summed E-state index contributed by atoms with van der Waals surface area (Å²) in [6.07, 6.45) is 12.5. The normalized spacial score (nSPS) is 17.2. The molecule has 184 valence electrons. The zero-order chi connectivity index (χ0) is 24.8. The van der Waals surface area contributed by atoms with Crippen LogP contribution in [0, 0.1) is 25.5 Å². The van der Waals surface area contributed by atoms with Crippen LogP contribution in [0.3, 0.4) is 0 Å². The molecule has 2 aliphatic rings. The van der Waals surface area contributed by atoms with Crippen LogP contribution in [0.5, 0.6) is 0 Å². The number of halogens is 2. The number of ether oxygens (including phenoxy) is 1. The van der Waals surface area contributed by atoms with Crippen molar-refractivity contribution in [3.8, 4) is 11.3 Å². The number of pyridine rings is 1. The van der Waals surface area contributed by atoms with Crippen LogP contribution in [-0.4, -0.2) is 37.4 Å². The second kappa shape index (κ2) is 11.4. The molecule has 0 amide bonds. The molecule has 6 nitrogen and oxygen atoms in total. The van der Waals surface area contributed by atoms with Gasteiger partial charge in [0.25, 0.3) is 0 Å². The first kappa shape index (κ1) is 24.9. The maximum absolute atomic E-state index is 13.9. The zero-order valence-corrected chi connectivity index (χ0v) is 20.4. The molecular weight excluding hydrogens is 448 g/mol. The Morgan fingerprint density at radius 3 is 2.37 bits per heavy atom. The van der Waals surface area contributed by atoms with Gasteiger partial charge in [-0.25, -0.2) is 18.7 Å². The average molecular weight is 480 g/mol. The topological polar surface area (TPSA) is 65.7 Å². The molecule has 8 heteroatoms. The molecular formula is C27H31F2N5O. The van der Waals surface area contributed by atoms with Crippen molar-refractivity contribution in [2.75, 3.05) is 6.61 Å². The average Bonchev–Trinajstić information content (AvgIpc) is 3.55. The van der Waals surface area contributed by atoms with Gasteiger partial charge in [-0.15, -0.1) is 0 Å². The summed E-state index contributed by atoms with van der Waals surface area (Å²) in [6, 6.07) is 7.84. The molecule has 0 radical (unpaired) electrons. The van der Waals surface area contributed by atoms with E-state index in [1.54, 1.807) is 12.3 Å². The molecule has 2 fully saturated rings. The summed E-state index contributed by atoms with van der Waals surface area (Å²) in [5.74, 6) is -1.28. The number of benzene rings is 1. The van der Waals surface area contributed by atoms with Gasteiger partial charge in [-0.2, -0.15) is 5.10 Å². The number of hydrogen-bond donors (Lipinski definition) is 0. The minimum atomic E-state index is -0.662. The fraction of sp³-hybridized carbons (Fsp3) is 0.407. The number of rotatable bonds is 2. The van der Waals surface area contributed by atoms with Gasteiger partial charge in [0.15, 0.2) is 0 Å². The van der Waals surface area contributed by atoms with Gasteiger partial charge in [0.1, 0.15) is 22.8 Å². The smallest absolute Gasteiger partial charge is 0.135 e. The Morgan fingerprint density at radius 2 is 1.77 bits per heavy atom. The van der Waals surface area contributed by atoms with E-state index in [-0.39, 0.29) is 5.56 Å². The quantitative estimate of drug-likeness (QED) is 0.334. The molecule has 1 saturated carbocycles. The fourth-order valence-corrected chi connectivity index (χ4v) is 3.77. The van der Waals surface area contributed by atoms with Gasteiger partial charge in [0.05, 0.1) is 29.1 Å². The monoisotopic (exact) mass is 479 g/mol. The molecule has 0 spiro atoms. The van der Waals surface area contributed by atoms with Gasteiger partial charge >= 0.3 is 0 Å². The SMILES string of the molecule is C[C@H]1CCCCO1.Cc1nc2ccnc(-c3ccc(F)cc3F)c2nc1C.c1cnn(C2CC2)c1. The first-order valence-electron chi connectivity index (χ1n) is 12.1. The number of hydrogen-bond acceptors (Lipinski definition) is 5. The number of aromatic nitrogens is 5. The Morgan fingerprint density at radius 1 is 0.971 bits per heavy atom. The summed E-state index contributed by atoms with van der Waals surface area (Å²) >= 11 is 0. The third-order valence-electron chi connectivity index (χ3n) is 6.03. The first-order chi connectivity index (χ1) is 16.9. The maximum atomic E-state index is 13.9. The molecule has 4 heterocycles. The summed E-state index contributed by atoms with van der Waals surface area (Å²) < 4.78 is 34.2. The van der Waals surface area contributed by atoms with Gasteiger partial charge in [-0.1, -0.05) is 0 Å². The maximum Gasteiger partial charge on any atom is 0.135 e. The zero-order valence-electron chi connectivity index (χ0n) is 20.4. The van der Waals surface area contributed by atoms with Crippen LogP contribution in [0.2, 0.25) is 0 Å². The first-order valence-corrected chi connectivity index (χ1v) is 12.1. The standard InChI is InChI=1S/C15H11F2N3.C6H8N2.C6H12O/c1-8-9(2)20-15-13(19-8)5-6-18-14(15)11-4-3-10(16)7-12(11)17;1-4-7-8(5-1)6-2-3-6;1-6-4-2-3-5-7-6/h3-7H,1-2H3;1,4-6H,2-3H2;6H,2-5H2,1H3/t;;6-/m..0/s1.